The number of carbonyl (C=O) groups excluding carboxylic acids is 1. The fourth-order valence-corrected chi connectivity index (χ4v) is 6.21. The van der Waals surface area contributed by atoms with Crippen LogP contribution in [0.3, 0.4) is 0 Å². The molecular formula is C35H27ClN2O4S. The van der Waals surface area contributed by atoms with E-state index in [1.165, 1.54) is 11.3 Å². The highest BCUT2D eigenvalue weighted by Crippen LogP contribution is 2.35. The maximum atomic E-state index is 14.0. The van der Waals surface area contributed by atoms with Gasteiger partial charge in [-0.2, -0.15) is 0 Å². The average Bonchev–Trinajstić information content (AvgIpc) is 3.35. The van der Waals surface area contributed by atoms with Gasteiger partial charge >= 0.3 is 5.97 Å². The summed E-state index contributed by atoms with van der Waals surface area (Å²) >= 11 is 7.37. The lowest BCUT2D eigenvalue weighted by molar-refractivity contribution is -0.138. The number of fused-ring (bicyclic) bond motifs is 1. The SMILES string of the molecule is CCOC(=O)C1=C(c2ccccc2)N=c2s/c(=C\c3ccc(OCc4cccc(Cl)c4)cc3)c(=O)n2[C@H]1c1ccccc1. The molecule has 0 amide bonds. The first-order chi connectivity index (χ1) is 21.0. The summed E-state index contributed by atoms with van der Waals surface area (Å²) in [5.41, 5.74) is 3.99. The topological polar surface area (TPSA) is 69.9 Å². The van der Waals surface area contributed by atoms with Crippen molar-refractivity contribution in [2.24, 2.45) is 4.99 Å². The van der Waals surface area contributed by atoms with E-state index < -0.39 is 12.0 Å². The van der Waals surface area contributed by atoms with Gasteiger partial charge in [-0.05, 0) is 54.0 Å². The van der Waals surface area contributed by atoms with Gasteiger partial charge in [0.1, 0.15) is 12.4 Å². The first-order valence-corrected chi connectivity index (χ1v) is 15.0. The molecule has 5 aromatic rings. The number of nitrogens with zero attached hydrogens (tertiary/aromatic N) is 2. The Morgan fingerprint density at radius 1 is 0.953 bits per heavy atom. The Labute approximate surface area is 257 Å². The standard InChI is InChI=1S/C35H27ClN2O4S/c1-2-41-34(40)30-31(25-11-5-3-6-12-25)37-35-38(32(30)26-13-7-4-8-14-26)33(39)29(43-35)21-23-16-18-28(19-17-23)42-22-24-10-9-15-27(36)20-24/h3-21,32H,2,22H2,1H3/b29-21-/t32-/m0/s1. The van der Waals surface area contributed by atoms with Crippen LogP contribution in [0.5, 0.6) is 5.75 Å². The molecule has 0 radical (unpaired) electrons. The molecular weight excluding hydrogens is 580 g/mol. The van der Waals surface area contributed by atoms with Crippen molar-refractivity contribution in [2.75, 3.05) is 6.61 Å². The predicted octanol–water partition coefficient (Wildman–Crippen LogP) is 6.17. The lowest BCUT2D eigenvalue weighted by Gasteiger charge is -2.25. The van der Waals surface area contributed by atoms with Crippen LogP contribution in [0.4, 0.5) is 0 Å². The smallest absolute Gasteiger partial charge is 0.338 e. The summed E-state index contributed by atoms with van der Waals surface area (Å²) in [4.78, 5) is 32.9. The van der Waals surface area contributed by atoms with Crippen molar-refractivity contribution >= 4 is 40.7 Å². The van der Waals surface area contributed by atoms with Crippen molar-refractivity contribution in [1.29, 1.82) is 0 Å². The Kier molecular flexibility index (Phi) is 8.36. The van der Waals surface area contributed by atoms with Crippen LogP contribution in [0.1, 0.15) is 35.2 Å². The first-order valence-electron chi connectivity index (χ1n) is 13.8. The molecule has 1 atom stereocenters. The highest BCUT2D eigenvalue weighted by atomic mass is 35.5. The van der Waals surface area contributed by atoms with Gasteiger partial charge in [0.05, 0.1) is 28.5 Å². The van der Waals surface area contributed by atoms with E-state index in [1.807, 2.05) is 115 Å². The van der Waals surface area contributed by atoms with Crippen LogP contribution in [-0.2, 0) is 16.1 Å². The van der Waals surface area contributed by atoms with E-state index in [4.69, 9.17) is 26.1 Å². The van der Waals surface area contributed by atoms with Gasteiger partial charge < -0.3 is 9.47 Å². The monoisotopic (exact) mass is 606 g/mol. The van der Waals surface area contributed by atoms with Crippen LogP contribution in [0.2, 0.25) is 5.02 Å². The highest BCUT2D eigenvalue weighted by Gasteiger charge is 2.35. The summed E-state index contributed by atoms with van der Waals surface area (Å²) in [7, 11) is 0. The minimum atomic E-state index is -0.698. The Balaban J connectivity index is 1.42. The van der Waals surface area contributed by atoms with Crippen LogP contribution in [-0.4, -0.2) is 17.1 Å². The maximum Gasteiger partial charge on any atom is 0.338 e. The number of esters is 1. The first kappa shape index (κ1) is 28.4. The van der Waals surface area contributed by atoms with Gasteiger partial charge in [0.15, 0.2) is 4.80 Å². The molecule has 6 nitrogen and oxygen atoms in total. The van der Waals surface area contributed by atoms with E-state index in [-0.39, 0.29) is 12.2 Å². The van der Waals surface area contributed by atoms with Crippen molar-refractivity contribution in [3.63, 3.8) is 0 Å². The van der Waals surface area contributed by atoms with E-state index in [2.05, 4.69) is 0 Å². The number of benzene rings is 4. The molecule has 0 saturated carbocycles. The molecule has 1 aliphatic rings. The Bertz CT molecular complexity index is 1980. The van der Waals surface area contributed by atoms with Crippen LogP contribution in [0, 0.1) is 0 Å². The summed E-state index contributed by atoms with van der Waals surface area (Å²) in [6, 6.07) is 33.4. The fraction of sp³-hybridized carbons (Fsp3) is 0.114. The zero-order chi connectivity index (χ0) is 29.8. The van der Waals surface area contributed by atoms with Gasteiger partial charge in [-0.1, -0.05) is 108 Å². The predicted molar refractivity (Wildman–Crippen MR) is 170 cm³/mol. The van der Waals surface area contributed by atoms with Gasteiger partial charge in [-0.15, -0.1) is 0 Å². The second kappa shape index (κ2) is 12.7. The van der Waals surface area contributed by atoms with Crippen LogP contribution < -0.4 is 19.6 Å². The third kappa shape index (κ3) is 6.09. The average molecular weight is 607 g/mol. The Morgan fingerprint density at radius 3 is 2.37 bits per heavy atom. The molecule has 43 heavy (non-hydrogen) atoms. The molecule has 4 aromatic carbocycles. The summed E-state index contributed by atoms with van der Waals surface area (Å²) in [6.45, 7) is 2.36. The molecule has 8 heteroatoms. The zero-order valence-corrected chi connectivity index (χ0v) is 24.8. The zero-order valence-electron chi connectivity index (χ0n) is 23.3. The lowest BCUT2D eigenvalue weighted by Crippen LogP contribution is -2.39. The van der Waals surface area contributed by atoms with Gasteiger partial charge in [0.25, 0.3) is 5.56 Å². The second-order valence-electron chi connectivity index (χ2n) is 9.83. The maximum absolute atomic E-state index is 14.0. The number of aromatic nitrogens is 1. The summed E-state index contributed by atoms with van der Waals surface area (Å²) in [5, 5.41) is 0.665. The molecule has 0 fully saturated rings. The normalized spacial score (nSPS) is 14.7. The molecule has 1 aliphatic heterocycles. The number of hydrogen-bond donors (Lipinski definition) is 0. The molecule has 0 N–H and O–H groups in total. The lowest BCUT2D eigenvalue weighted by atomic mass is 9.93. The Morgan fingerprint density at radius 2 is 1.67 bits per heavy atom. The molecule has 0 spiro atoms. The van der Waals surface area contributed by atoms with E-state index in [0.29, 0.717) is 38.0 Å². The van der Waals surface area contributed by atoms with Gasteiger partial charge in [-0.3, -0.25) is 9.36 Å². The van der Waals surface area contributed by atoms with Crippen LogP contribution in [0.25, 0.3) is 11.8 Å². The minimum absolute atomic E-state index is 0.204. The van der Waals surface area contributed by atoms with Crippen molar-refractivity contribution in [2.45, 2.75) is 19.6 Å². The van der Waals surface area contributed by atoms with Crippen molar-refractivity contribution < 1.29 is 14.3 Å². The minimum Gasteiger partial charge on any atom is -0.489 e. The van der Waals surface area contributed by atoms with Crippen LogP contribution in [0.15, 0.2) is 125 Å². The van der Waals surface area contributed by atoms with Crippen molar-refractivity contribution in [3.8, 4) is 5.75 Å². The fourth-order valence-electron chi connectivity index (χ4n) is 5.00. The summed E-state index contributed by atoms with van der Waals surface area (Å²) in [6.07, 6.45) is 1.84. The second-order valence-corrected chi connectivity index (χ2v) is 11.3. The molecule has 6 rings (SSSR count). The van der Waals surface area contributed by atoms with E-state index in [9.17, 15) is 9.59 Å². The van der Waals surface area contributed by atoms with Crippen molar-refractivity contribution in [1.82, 2.24) is 4.57 Å². The Hall–Kier alpha value is -4.72. The summed E-state index contributed by atoms with van der Waals surface area (Å²) in [5.74, 6) is 0.204. The number of ether oxygens (including phenoxy) is 2. The molecule has 1 aromatic heterocycles. The molecule has 214 valence electrons. The third-order valence-electron chi connectivity index (χ3n) is 6.96. The quantitative estimate of drug-likeness (QED) is 0.198. The largest absolute Gasteiger partial charge is 0.489 e. The molecule has 0 unspecified atom stereocenters. The van der Waals surface area contributed by atoms with E-state index in [1.54, 1.807) is 11.5 Å². The molecule has 0 bridgehead atoms. The number of hydrogen-bond acceptors (Lipinski definition) is 6. The molecule has 0 saturated heterocycles. The number of carbonyl (C=O) groups is 1. The number of halogens is 1. The van der Waals surface area contributed by atoms with E-state index in [0.717, 1.165) is 22.3 Å². The number of thiazole rings is 1. The third-order valence-corrected chi connectivity index (χ3v) is 8.18. The molecule has 0 aliphatic carbocycles. The van der Waals surface area contributed by atoms with Crippen molar-refractivity contribution in [3.05, 3.63) is 162 Å². The van der Waals surface area contributed by atoms with Crippen LogP contribution >= 0.6 is 22.9 Å². The van der Waals surface area contributed by atoms with Gasteiger partial charge in [-0.25, -0.2) is 9.79 Å². The van der Waals surface area contributed by atoms with Gasteiger partial charge in [0, 0.05) is 10.6 Å². The van der Waals surface area contributed by atoms with E-state index >= 15 is 0 Å². The summed E-state index contributed by atoms with van der Waals surface area (Å²) < 4.78 is 13.5. The molecule has 2 heterocycles. The highest BCUT2D eigenvalue weighted by molar-refractivity contribution is 7.07. The van der Waals surface area contributed by atoms with Gasteiger partial charge in [0.2, 0.25) is 0 Å². The number of rotatable bonds is 8.